The Morgan fingerprint density at radius 2 is 0.950 bits per heavy atom. The highest BCUT2D eigenvalue weighted by molar-refractivity contribution is 5.69. The van der Waals surface area contributed by atoms with Crippen molar-refractivity contribution in [2.45, 2.75) is 24.4 Å². The highest BCUT2D eigenvalue weighted by Crippen LogP contribution is 2.62. The zero-order valence-electron chi connectivity index (χ0n) is 11.3. The van der Waals surface area contributed by atoms with Gasteiger partial charge in [0.05, 0.1) is 14.2 Å². The quantitative estimate of drug-likeness (QED) is 0.774. The molecular weight excluding hydrogens is 256 g/mol. The Bertz CT molecular complexity index is 580. The van der Waals surface area contributed by atoms with E-state index in [4.69, 9.17) is 18.9 Å². The van der Waals surface area contributed by atoms with Gasteiger partial charge in [0.2, 0.25) is 0 Å². The summed E-state index contributed by atoms with van der Waals surface area (Å²) in [6.45, 7) is 0. The average molecular weight is 270 g/mol. The monoisotopic (exact) mass is 270 g/mol. The molecule has 0 spiro atoms. The highest BCUT2D eigenvalue weighted by atomic mass is 16.5. The van der Waals surface area contributed by atoms with Crippen LogP contribution in [0.25, 0.3) is 0 Å². The van der Waals surface area contributed by atoms with Gasteiger partial charge in [-0.25, -0.2) is 0 Å². The van der Waals surface area contributed by atoms with Crippen LogP contribution in [0.3, 0.4) is 0 Å². The first-order valence-corrected chi connectivity index (χ1v) is 6.82. The standard InChI is InChI=1S/C16H14O4/c1-17-15-11-7-3-5-9(19-7)13(11)16(18-2)14-10-6-4-8(20-10)12(14)15/h3-10H,1-2H3. The molecule has 0 N–H and O–H groups in total. The maximum Gasteiger partial charge on any atom is 0.132 e. The lowest BCUT2D eigenvalue weighted by Gasteiger charge is -2.22. The first-order valence-electron chi connectivity index (χ1n) is 6.82. The zero-order chi connectivity index (χ0) is 13.4. The van der Waals surface area contributed by atoms with Gasteiger partial charge in [-0.2, -0.15) is 0 Å². The second kappa shape index (κ2) is 3.45. The van der Waals surface area contributed by atoms with Gasteiger partial charge in [-0.15, -0.1) is 0 Å². The van der Waals surface area contributed by atoms with E-state index >= 15 is 0 Å². The van der Waals surface area contributed by atoms with Crippen LogP contribution >= 0.6 is 0 Å². The number of methoxy groups -OCH3 is 2. The zero-order valence-corrected chi connectivity index (χ0v) is 11.3. The first-order chi connectivity index (χ1) is 9.83. The van der Waals surface area contributed by atoms with Crippen molar-refractivity contribution in [3.05, 3.63) is 46.6 Å². The number of ether oxygens (including phenoxy) is 4. The number of hydrogen-bond acceptors (Lipinski definition) is 4. The maximum absolute atomic E-state index is 5.96. The van der Waals surface area contributed by atoms with Crippen LogP contribution in [0.2, 0.25) is 0 Å². The van der Waals surface area contributed by atoms with Gasteiger partial charge in [0, 0.05) is 22.3 Å². The van der Waals surface area contributed by atoms with Gasteiger partial charge in [0.15, 0.2) is 0 Å². The van der Waals surface area contributed by atoms with Crippen LogP contribution in [0.15, 0.2) is 24.3 Å². The second-order valence-corrected chi connectivity index (χ2v) is 5.45. The summed E-state index contributed by atoms with van der Waals surface area (Å²) < 4.78 is 23.4. The third-order valence-corrected chi connectivity index (χ3v) is 4.61. The smallest absolute Gasteiger partial charge is 0.132 e. The van der Waals surface area contributed by atoms with Crippen LogP contribution in [-0.2, 0) is 9.47 Å². The number of benzene rings is 1. The summed E-state index contributed by atoms with van der Waals surface area (Å²) >= 11 is 0. The molecule has 102 valence electrons. The molecule has 0 aliphatic carbocycles. The second-order valence-electron chi connectivity index (χ2n) is 5.45. The lowest BCUT2D eigenvalue weighted by atomic mass is 9.85. The number of fused-ring (bicyclic) bond motifs is 10. The van der Waals surface area contributed by atoms with Crippen LogP contribution in [0, 0.1) is 0 Å². The van der Waals surface area contributed by atoms with Gasteiger partial charge >= 0.3 is 0 Å². The van der Waals surface area contributed by atoms with Gasteiger partial charge in [-0.1, -0.05) is 24.3 Å². The maximum atomic E-state index is 5.96. The fourth-order valence-corrected chi connectivity index (χ4v) is 3.91. The van der Waals surface area contributed by atoms with Crippen molar-refractivity contribution in [3.8, 4) is 11.5 Å². The van der Waals surface area contributed by atoms with E-state index in [1.165, 1.54) is 0 Å². The van der Waals surface area contributed by atoms with Crippen LogP contribution in [0.4, 0.5) is 0 Å². The Morgan fingerprint density at radius 3 is 1.20 bits per heavy atom. The average Bonchev–Trinajstić information content (AvgIpc) is 3.23. The molecule has 4 bridgehead atoms. The van der Waals surface area contributed by atoms with Crippen LogP contribution < -0.4 is 9.47 Å². The molecule has 4 aliphatic heterocycles. The Morgan fingerprint density at radius 1 is 0.650 bits per heavy atom. The van der Waals surface area contributed by atoms with Gasteiger partial charge in [-0.05, 0) is 0 Å². The van der Waals surface area contributed by atoms with Crippen molar-refractivity contribution in [2.24, 2.45) is 0 Å². The van der Waals surface area contributed by atoms with E-state index in [9.17, 15) is 0 Å². The molecule has 1 aromatic rings. The van der Waals surface area contributed by atoms with E-state index in [2.05, 4.69) is 24.3 Å². The number of hydrogen-bond donors (Lipinski definition) is 0. The largest absolute Gasteiger partial charge is 0.496 e. The summed E-state index contributed by atoms with van der Waals surface area (Å²) in [5.41, 5.74) is 4.45. The number of rotatable bonds is 2. The highest BCUT2D eigenvalue weighted by Gasteiger charge is 2.47. The summed E-state index contributed by atoms with van der Waals surface area (Å²) in [6.07, 6.45) is 8.27. The molecule has 4 atom stereocenters. The summed E-state index contributed by atoms with van der Waals surface area (Å²) in [4.78, 5) is 0. The molecule has 4 heteroatoms. The fourth-order valence-electron chi connectivity index (χ4n) is 3.91. The van der Waals surface area contributed by atoms with E-state index < -0.39 is 0 Å². The van der Waals surface area contributed by atoms with Crippen molar-refractivity contribution >= 4 is 0 Å². The third-order valence-electron chi connectivity index (χ3n) is 4.61. The molecule has 20 heavy (non-hydrogen) atoms. The van der Waals surface area contributed by atoms with E-state index in [1.807, 2.05) is 0 Å². The van der Waals surface area contributed by atoms with Crippen molar-refractivity contribution in [1.29, 1.82) is 0 Å². The molecule has 4 heterocycles. The van der Waals surface area contributed by atoms with E-state index in [-0.39, 0.29) is 24.4 Å². The molecular formula is C16H14O4. The minimum Gasteiger partial charge on any atom is -0.496 e. The topological polar surface area (TPSA) is 36.9 Å². The van der Waals surface area contributed by atoms with Crippen molar-refractivity contribution in [3.63, 3.8) is 0 Å². The molecule has 4 nitrogen and oxygen atoms in total. The van der Waals surface area contributed by atoms with E-state index in [0.29, 0.717) is 0 Å². The first kappa shape index (κ1) is 10.9. The van der Waals surface area contributed by atoms with E-state index in [1.54, 1.807) is 14.2 Å². The molecule has 0 fully saturated rings. The molecule has 0 saturated heterocycles. The van der Waals surface area contributed by atoms with Gasteiger partial charge < -0.3 is 18.9 Å². The summed E-state index contributed by atoms with van der Waals surface area (Å²) in [5.74, 6) is 1.81. The minimum absolute atomic E-state index is 0.0211. The molecule has 4 unspecified atom stereocenters. The Hall–Kier alpha value is -1.78. The third kappa shape index (κ3) is 1.04. The van der Waals surface area contributed by atoms with Crippen LogP contribution in [-0.4, -0.2) is 14.2 Å². The predicted octanol–water partition coefficient (Wildman–Crippen LogP) is 3.07. The summed E-state index contributed by atoms with van der Waals surface area (Å²) in [6, 6.07) is 0. The normalized spacial score (nSPS) is 33.7. The van der Waals surface area contributed by atoms with Gasteiger partial charge in [-0.3, -0.25) is 0 Å². The Balaban J connectivity index is 1.89. The van der Waals surface area contributed by atoms with E-state index in [0.717, 1.165) is 33.8 Å². The van der Waals surface area contributed by atoms with Crippen LogP contribution in [0.5, 0.6) is 11.5 Å². The molecule has 1 aromatic carbocycles. The van der Waals surface area contributed by atoms with Gasteiger partial charge in [0.25, 0.3) is 0 Å². The molecule has 0 saturated carbocycles. The summed E-state index contributed by atoms with van der Waals surface area (Å²) in [7, 11) is 3.43. The van der Waals surface area contributed by atoms with Crippen LogP contribution in [0.1, 0.15) is 46.7 Å². The van der Waals surface area contributed by atoms with Crippen molar-refractivity contribution < 1.29 is 18.9 Å². The SMILES string of the molecule is COc1c2c(c(OC)c3c1C1C=CC3O1)C1C=CC2O1. The van der Waals surface area contributed by atoms with Crippen molar-refractivity contribution in [2.75, 3.05) is 14.2 Å². The fraction of sp³-hybridized carbons (Fsp3) is 0.375. The Labute approximate surface area is 116 Å². The molecule has 0 amide bonds. The molecule has 5 rings (SSSR count). The molecule has 4 aliphatic rings. The molecule has 0 aromatic heterocycles. The van der Waals surface area contributed by atoms with Gasteiger partial charge in [0.1, 0.15) is 35.9 Å². The lowest BCUT2D eigenvalue weighted by Crippen LogP contribution is -2.08. The molecule has 0 radical (unpaired) electrons. The lowest BCUT2D eigenvalue weighted by molar-refractivity contribution is 0.0807. The summed E-state index contributed by atoms with van der Waals surface area (Å²) in [5, 5.41) is 0. The Kier molecular flexibility index (Phi) is 1.89. The predicted molar refractivity (Wildman–Crippen MR) is 71.0 cm³/mol. The minimum atomic E-state index is -0.0211. The van der Waals surface area contributed by atoms with Crippen molar-refractivity contribution in [1.82, 2.24) is 0 Å².